The molecule has 0 radical (unpaired) electrons. The summed E-state index contributed by atoms with van der Waals surface area (Å²) >= 11 is 0. The molecule has 2 aromatic heterocycles. The van der Waals surface area contributed by atoms with Gasteiger partial charge in [0.1, 0.15) is 5.69 Å². The summed E-state index contributed by atoms with van der Waals surface area (Å²) in [5, 5.41) is 12.0. The molecule has 1 atom stereocenters. The summed E-state index contributed by atoms with van der Waals surface area (Å²) in [5.41, 5.74) is 2.46. The minimum Gasteiger partial charge on any atom is -0.356 e. The van der Waals surface area contributed by atoms with Crippen molar-refractivity contribution in [2.45, 2.75) is 37.6 Å². The summed E-state index contributed by atoms with van der Waals surface area (Å²) < 4.78 is 7.84. The van der Waals surface area contributed by atoms with Crippen LogP contribution in [0.3, 0.4) is 0 Å². The van der Waals surface area contributed by atoms with E-state index in [1.54, 1.807) is 0 Å². The average molecular weight is 352 g/mol. The molecule has 26 heavy (non-hydrogen) atoms. The zero-order valence-corrected chi connectivity index (χ0v) is 14.3. The lowest BCUT2D eigenvalue weighted by molar-refractivity contribution is -0.134. The van der Waals surface area contributed by atoms with Gasteiger partial charge in [-0.2, -0.15) is 0 Å². The number of amides is 2. The van der Waals surface area contributed by atoms with Crippen molar-refractivity contribution in [3.8, 4) is 0 Å². The molecule has 3 aromatic rings. The van der Waals surface area contributed by atoms with Crippen LogP contribution in [0.25, 0.3) is 21.9 Å². The SMILES string of the molecule is O=C1CCC(c2noc3ccc4c(ccn4C4CCNCC4)c23)C(=O)N1. The number of imide groups is 1. The highest BCUT2D eigenvalue weighted by atomic mass is 16.5. The number of piperidine rings is 2. The summed E-state index contributed by atoms with van der Waals surface area (Å²) in [5.74, 6) is -0.950. The van der Waals surface area contributed by atoms with Crippen molar-refractivity contribution in [3.63, 3.8) is 0 Å². The first-order valence-electron chi connectivity index (χ1n) is 9.15. The van der Waals surface area contributed by atoms with E-state index < -0.39 is 5.92 Å². The Balaban J connectivity index is 1.63. The van der Waals surface area contributed by atoms with Crippen LogP contribution in [0.5, 0.6) is 0 Å². The van der Waals surface area contributed by atoms with E-state index in [0.717, 1.165) is 42.2 Å². The van der Waals surface area contributed by atoms with Crippen LogP contribution in [0.2, 0.25) is 0 Å². The second-order valence-electron chi connectivity index (χ2n) is 7.15. The second-order valence-corrected chi connectivity index (χ2v) is 7.15. The summed E-state index contributed by atoms with van der Waals surface area (Å²) in [6.07, 6.45) is 5.13. The molecule has 2 fully saturated rings. The van der Waals surface area contributed by atoms with E-state index in [4.69, 9.17) is 4.52 Å². The number of carbonyl (C=O) groups is 2. The van der Waals surface area contributed by atoms with E-state index in [1.165, 1.54) is 0 Å². The van der Waals surface area contributed by atoms with E-state index in [0.29, 0.717) is 30.2 Å². The molecule has 2 saturated heterocycles. The quantitative estimate of drug-likeness (QED) is 0.691. The van der Waals surface area contributed by atoms with Crippen LogP contribution in [0.1, 0.15) is 43.3 Å². The maximum absolute atomic E-state index is 12.3. The third-order valence-electron chi connectivity index (χ3n) is 5.63. The molecule has 0 saturated carbocycles. The molecular formula is C19H20N4O3. The van der Waals surface area contributed by atoms with Crippen LogP contribution in [0.15, 0.2) is 28.9 Å². The molecule has 0 spiro atoms. The van der Waals surface area contributed by atoms with E-state index >= 15 is 0 Å². The molecule has 7 nitrogen and oxygen atoms in total. The van der Waals surface area contributed by atoms with E-state index in [-0.39, 0.29) is 11.8 Å². The fraction of sp³-hybridized carbons (Fsp3) is 0.421. The summed E-state index contributed by atoms with van der Waals surface area (Å²) in [4.78, 5) is 23.8. The maximum atomic E-state index is 12.3. The zero-order chi connectivity index (χ0) is 17.7. The van der Waals surface area contributed by atoms with Crippen molar-refractivity contribution in [3.05, 3.63) is 30.1 Å². The Morgan fingerprint density at radius 2 is 1.96 bits per heavy atom. The Kier molecular flexibility index (Phi) is 3.56. The number of benzene rings is 1. The number of fused-ring (bicyclic) bond motifs is 3. The van der Waals surface area contributed by atoms with Gasteiger partial charge in [-0.25, -0.2) is 0 Å². The van der Waals surface area contributed by atoms with E-state index in [9.17, 15) is 9.59 Å². The van der Waals surface area contributed by atoms with Gasteiger partial charge in [0, 0.05) is 29.6 Å². The third-order valence-corrected chi connectivity index (χ3v) is 5.63. The molecule has 2 aliphatic heterocycles. The molecule has 4 heterocycles. The highest BCUT2D eigenvalue weighted by Crippen LogP contribution is 2.36. The molecule has 2 aliphatic rings. The van der Waals surface area contributed by atoms with Gasteiger partial charge < -0.3 is 14.4 Å². The maximum Gasteiger partial charge on any atom is 0.235 e. The fourth-order valence-corrected chi connectivity index (χ4v) is 4.30. The first-order valence-corrected chi connectivity index (χ1v) is 9.15. The standard InChI is InChI=1S/C19H20N4O3/c24-16-4-1-13(19(25)21-16)18-17-12-7-10-23(11-5-8-20-9-6-11)14(12)2-3-15(17)26-22-18/h2-3,7,10-11,13,20H,1,4-6,8-9H2,(H,21,24,25). The Hall–Kier alpha value is -2.67. The third kappa shape index (κ3) is 2.34. The minimum absolute atomic E-state index is 0.221. The molecule has 0 aliphatic carbocycles. The molecule has 134 valence electrons. The normalized spacial score (nSPS) is 22.2. The molecular weight excluding hydrogens is 332 g/mol. The molecule has 7 heteroatoms. The van der Waals surface area contributed by atoms with Gasteiger partial charge in [0.25, 0.3) is 0 Å². The Bertz CT molecular complexity index is 1010. The topological polar surface area (TPSA) is 89.2 Å². The van der Waals surface area contributed by atoms with Gasteiger partial charge in [-0.1, -0.05) is 5.16 Å². The number of aromatic nitrogens is 2. The average Bonchev–Trinajstić information content (AvgIpc) is 3.26. The smallest absolute Gasteiger partial charge is 0.235 e. The number of nitrogens with zero attached hydrogens (tertiary/aromatic N) is 2. The van der Waals surface area contributed by atoms with E-state index in [2.05, 4.69) is 38.7 Å². The van der Waals surface area contributed by atoms with E-state index in [1.807, 2.05) is 6.07 Å². The predicted molar refractivity (Wildman–Crippen MR) is 95.8 cm³/mol. The van der Waals surface area contributed by atoms with Crippen molar-refractivity contribution >= 4 is 33.7 Å². The van der Waals surface area contributed by atoms with Gasteiger partial charge in [-0.15, -0.1) is 0 Å². The lowest BCUT2D eigenvalue weighted by Gasteiger charge is -2.25. The van der Waals surface area contributed by atoms with Crippen molar-refractivity contribution in [2.75, 3.05) is 13.1 Å². The van der Waals surface area contributed by atoms with Gasteiger partial charge in [0.15, 0.2) is 5.58 Å². The van der Waals surface area contributed by atoms with Gasteiger partial charge in [0.05, 0.1) is 11.3 Å². The second kappa shape index (κ2) is 5.95. The molecule has 0 bridgehead atoms. The molecule has 5 rings (SSSR count). The number of rotatable bonds is 2. The zero-order valence-electron chi connectivity index (χ0n) is 14.3. The lowest BCUT2D eigenvalue weighted by Crippen LogP contribution is -2.39. The largest absolute Gasteiger partial charge is 0.356 e. The summed E-state index contributed by atoms with van der Waals surface area (Å²) in [6, 6.07) is 6.56. The number of carbonyl (C=O) groups excluding carboxylic acids is 2. The van der Waals surface area contributed by atoms with Crippen LogP contribution in [0.4, 0.5) is 0 Å². The van der Waals surface area contributed by atoms with Gasteiger partial charge in [-0.3, -0.25) is 14.9 Å². The molecule has 2 N–H and O–H groups in total. The molecule has 1 unspecified atom stereocenters. The Morgan fingerprint density at radius 3 is 2.77 bits per heavy atom. The first-order chi connectivity index (χ1) is 12.7. The molecule has 2 amide bonds. The summed E-state index contributed by atoms with van der Waals surface area (Å²) in [7, 11) is 0. The lowest BCUT2D eigenvalue weighted by atomic mass is 9.92. The van der Waals surface area contributed by atoms with Crippen molar-refractivity contribution in [2.24, 2.45) is 0 Å². The van der Waals surface area contributed by atoms with Gasteiger partial charge in [0.2, 0.25) is 11.8 Å². The summed E-state index contributed by atoms with van der Waals surface area (Å²) in [6.45, 7) is 2.06. The molecule has 1 aromatic carbocycles. The first kappa shape index (κ1) is 15.6. The highest BCUT2D eigenvalue weighted by molar-refractivity contribution is 6.09. The van der Waals surface area contributed by atoms with Crippen molar-refractivity contribution in [1.82, 2.24) is 20.4 Å². The van der Waals surface area contributed by atoms with Crippen molar-refractivity contribution in [1.29, 1.82) is 0 Å². The fourth-order valence-electron chi connectivity index (χ4n) is 4.30. The van der Waals surface area contributed by atoms with Crippen molar-refractivity contribution < 1.29 is 14.1 Å². The van der Waals surface area contributed by atoms with Crippen LogP contribution < -0.4 is 10.6 Å². The number of hydrogen-bond acceptors (Lipinski definition) is 5. The predicted octanol–water partition coefficient (Wildman–Crippen LogP) is 2.23. The minimum atomic E-state index is -0.443. The van der Waals surface area contributed by atoms with Crippen LogP contribution in [0, 0.1) is 0 Å². The van der Waals surface area contributed by atoms with Crippen LogP contribution in [-0.4, -0.2) is 34.6 Å². The number of hydrogen-bond donors (Lipinski definition) is 2. The van der Waals surface area contributed by atoms with Gasteiger partial charge >= 0.3 is 0 Å². The Labute approximate surface area is 149 Å². The van der Waals surface area contributed by atoms with Crippen LogP contribution in [-0.2, 0) is 9.59 Å². The Morgan fingerprint density at radius 1 is 1.12 bits per heavy atom. The number of nitrogens with one attached hydrogen (secondary N) is 2. The monoisotopic (exact) mass is 352 g/mol. The van der Waals surface area contributed by atoms with Gasteiger partial charge in [-0.05, 0) is 50.6 Å². The highest BCUT2D eigenvalue weighted by Gasteiger charge is 2.32. The van der Waals surface area contributed by atoms with Crippen LogP contribution >= 0.6 is 0 Å².